The first-order chi connectivity index (χ1) is 6.23. The first-order valence-electron chi connectivity index (χ1n) is 3.94. The summed E-state index contributed by atoms with van der Waals surface area (Å²) >= 11 is 4.22. The number of allylic oxidation sites excluding steroid dienone is 2. The molecule has 0 spiro atoms. The average molecular weight is 214 g/mol. The summed E-state index contributed by atoms with van der Waals surface area (Å²) < 4.78 is 10.4. The van der Waals surface area contributed by atoms with Crippen molar-refractivity contribution in [1.82, 2.24) is 0 Å². The van der Waals surface area contributed by atoms with Crippen molar-refractivity contribution in [3.63, 3.8) is 0 Å². The minimum Gasteiger partial charge on any atom is -0.454 e. The van der Waals surface area contributed by atoms with Gasteiger partial charge in [-0.05, 0) is 19.1 Å². The molecule has 0 saturated carbocycles. The highest BCUT2D eigenvalue weighted by molar-refractivity contribution is 8.69. The summed E-state index contributed by atoms with van der Waals surface area (Å²) in [5.74, 6) is 1.62. The Kier molecular flexibility index (Phi) is 2.34. The highest BCUT2D eigenvalue weighted by Crippen LogP contribution is 2.35. The number of hydrogen-bond donors (Lipinski definition) is 1. The summed E-state index contributed by atoms with van der Waals surface area (Å²) in [6, 6.07) is 0. The molecule has 0 saturated heterocycles. The van der Waals surface area contributed by atoms with Gasteiger partial charge in [0.2, 0.25) is 6.79 Å². The van der Waals surface area contributed by atoms with E-state index in [0.717, 1.165) is 11.5 Å². The quantitative estimate of drug-likeness (QED) is 0.535. The Balaban J connectivity index is 2.29. The normalized spacial score (nSPS) is 23.5. The molecule has 1 aliphatic carbocycles. The third-order valence-corrected chi connectivity index (χ3v) is 3.85. The fourth-order valence-electron chi connectivity index (χ4n) is 1.16. The van der Waals surface area contributed by atoms with Crippen LogP contribution in [0.5, 0.6) is 0 Å². The molecule has 1 heterocycles. The van der Waals surface area contributed by atoms with Gasteiger partial charge in [-0.25, -0.2) is 0 Å². The molecule has 13 heavy (non-hydrogen) atoms. The molecule has 0 fully saturated rings. The molecule has 0 bridgehead atoms. The molecule has 0 unspecified atom stereocenters. The zero-order valence-electron chi connectivity index (χ0n) is 7.19. The fourth-order valence-corrected chi connectivity index (χ4v) is 1.78. The number of hydrogen-bond acceptors (Lipinski definition) is 4. The third-order valence-electron chi connectivity index (χ3n) is 2.00. The Hall–Kier alpha value is -0.480. The van der Waals surface area contributed by atoms with Crippen LogP contribution in [-0.4, -0.2) is 11.5 Å². The van der Waals surface area contributed by atoms with E-state index in [1.807, 2.05) is 12.2 Å². The molecule has 2 rings (SSSR count). The van der Waals surface area contributed by atoms with Crippen molar-refractivity contribution in [2.45, 2.75) is 11.7 Å². The summed E-state index contributed by atoms with van der Waals surface area (Å²) in [7, 11) is 1.48. The molecule has 0 atom stereocenters. The molecule has 0 aromatic carbocycles. The smallest absolute Gasteiger partial charge is 0.231 e. The van der Waals surface area contributed by atoms with E-state index in [-0.39, 0.29) is 4.75 Å². The van der Waals surface area contributed by atoms with E-state index < -0.39 is 0 Å². The van der Waals surface area contributed by atoms with E-state index in [2.05, 4.69) is 30.7 Å². The van der Waals surface area contributed by atoms with Gasteiger partial charge in [-0.1, -0.05) is 22.9 Å². The predicted octanol–water partition coefficient (Wildman–Crippen LogP) is 2.67. The van der Waals surface area contributed by atoms with E-state index in [9.17, 15) is 0 Å². The standard InChI is InChI=1S/C9H10O2S2/c1-9(13-12)4-2-7-8(3-5-9)11-6-10-7/h2-5,12H,6H2,1H3. The van der Waals surface area contributed by atoms with Crippen LogP contribution < -0.4 is 0 Å². The van der Waals surface area contributed by atoms with Crippen LogP contribution in [0.1, 0.15) is 6.92 Å². The summed E-state index contributed by atoms with van der Waals surface area (Å²) in [6.07, 6.45) is 7.98. The van der Waals surface area contributed by atoms with Crippen molar-refractivity contribution >= 4 is 22.5 Å². The van der Waals surface area contributed by atoms with Crippen LogP contribution in [0.25, 0.3) is 0 Å². The summed E-state index contributed by atoms with van der Waals surface area (Å²) in [5, 5.41) is 0. The van der Waals surface area contributed by atoms with Crippen LogP contribution in [0, 0.1) is 0 Å². The Bertz CT molecular complexity index is 281. The maximum Gasteiger partial charge on any atom is 0.231 e. The van der Waals surface area contributed by atoms with Crippen molar-refractivity contribution in [2.24, 2.45) is 0 Å². The fraction of sp³-hybridized carbons (Fsp3) is 0.333. The van der Waals surface area contributed by atoms with Crippen molar-refractivity contribution < 1.29 is 9.47 Å². The maximum absolute atomic E-state index is 5.26. The topological polar surface area (TPSA) is 18.5 Å². The van der Waals surface area contributed by atoms with Gasteiger partial charge in [0.15, 0.2) is 11.5 Å². The van der Waals surface area contributed by atoms with Gasteiger partial charge in [-0.2, -0.15) is 0 Å². The Morgan fingerprint density at radius 2 is 1.85 bits per heavy atom. The van der Waals surface area contributed by atoms with Crippen LogP contribution in [0.2, 0.25) is 0 Å². The zero-order chi connectivity index (χ0) is 9.31. The molecule has 4 heteroatoms. The molecular weight excluding hydrogens is 204 g/mol. The van der Waals surface area contributed by atoms with Crippen LogP contribution >= 0.6 is 22.5 Å². The second-order valence-corrected chi connectivity index (χ2v) is 4.69. The summed E-state index contributed by atoms with van der Waals surface area (Å²) in [5.41, 5.74) is 0. The molecule has 0 radical (unpaired) electrons. The van der Waals surface area contributed by atoms with E-state index in [4.69, 9.17) is 9.47 Å². The van der Waals surface area contributed by atoms with Crippen molar-refractivity contribution in [3.8, 4) is 0 Å². The lowest BCUT2D eigenvalue weighted by molar-refractivity contribution is 0.0776. The van der Waals surface area contributed by atoms with Gasteiger partial charge in [0.05, 0.1) is 4.75 Å². The monoisotopic (exact) mass is 214 g/mol. The van der Waals surface area contributed by atoms with Crippen molar-refractivity contribution in [3.05, 3.63) is 35.8 Å². The second-order valence-electron chi connectivity index (χ2n) is 3.08. The van der Waals surface area contributed by atoms with Gasteiger partial charge in [0, 0.05) is 0 Å². The molecule has 2 nitrogen and oxygen atoms in total. The lowest BCUT2D eigenvalue weighted by Crippen LogP contribution is -2.09. The molecule has 0 aromatic rings. The van der Waals surface area contributed by atoms with Crippen LogP contribution in [0.3, 0.4) is 0 Å². The lowest BCUT2D eigenvalue weighted by atomic mass is 10.1. The molecule has 0 N–H and O–H groups in total. The van der Waals surface area contributed by atoms with Gasteiger partial charge in [-0.3, -0.25) is 0 Å². The van der Waals surface area contributed by atoms with E-state index >= 15 is 0 Å². The van der Waals surface area contributed by atoms with Gasteiger partial charge >= 0.3 is 0 Å². The maximum atomic E-state index is 5.26. The van der Waals surface area contributed by atoms with E-state index in [1.165, 1.54) is 10.8 Å². The van der Waals surface area contributed by atoms with Gasteiger partial charge in [0.1, 0.15) is 0 Å². The molecule has 0 amide bonds. The van der Waals surface area contributed by atoms with E-state index in [1.54, 1.807) is 0 Å². The van der Waals surface area contributed by atoms with Crippen LogP contribution in [-0.2, 0) is 9.47 Å². The van der Waals surface area contributed by atoms with Crippen molar-refractivity contribution in [2.75, 3.05) is 6.79 Å². The molecule has 70 valence electrons. The predicted molar refractivity (Wildman–Crippen MR) is 57.3 cm³/mol. The van der Waals surface area contributed by atoms with Crippen molar-refractivity contribution in [1.29, 1.82) is 0 Å². The Labute approximate surface area is 86.5 Å². The van der Waals surface area contributed by atoms with Gasteiger partial charge in [0.25, 0.3) is 0 Å². The highest BCUT2D eigenvalue weighted by Gasteiger charge is 2.22. The van der Waals surface area contributed by atoms with E-state index in [0.29, 0.717) is 6.79 Å². The Morgan fingerprint density at radius 1 is 1.31 bits per heavy atom. The van der Waals surface area contributed by atoms with Gasteiger partial charge < -0.3 is 9.47 Å². The first-order valence-corrected chi connectivity index (χ1v) is 5.81. The minimum absolute atomic E-state index is 0.0832. The average Bonchev–Trinajstić information content (AvgIpc) is 2.54. The molecule has 2 aliphatic rings. The lowest BCUT2D eigenvalue weighted by Gasteiger charge is -2.16. The number of thiol groups is 1. The van der Waals surface area contributed by atoms with Crippen LogP contribution in [0.4, 0.5) is 0 Å². The number of ether oxygens (including phenoxy) is 2. The first kappa shape index (κ1) is 9.09. The van der Waals surface area contributed by atoms with Gasteiger partial charge in [-0.15, -0.1) is 11.7 Å². The summed E-state index contributed by atoms with van der Waals surface area (Å²) in [6.45, 7) is 2.41. The molecule has 1 aliphatic heterocycles. The minimum atomic E-state index is -0.0832. The third kappa shape index (κ3) is 1.74. The molecular formula is C9H10O2S2. The zero-order valence-corrected chi connectivity index (χ0v) is 8.90. The SMILES string of the molecule is CC1(SS)C=CC2=C(C=C1)OCO2. The Morgan fingerprint density at radius 3 is 2.31 bits per heavy atom. The second kappa shape index (κ2) is 3.35. The summed E-state index contributed by atoms with van der Waals surface area (Å²) in [4.78, 5) is 0. The largest absolute Gasteiger partial charge is 0.454 e. The highest BCUT2D eigenvalue weighted by atomic mass is 33.1. The molecule has 0 aromatic heterocycles. The van der Waals surface area contributed by atoms with Crippen LogP contribution in [0.15, 0.2) is 35.8 Å². The number of rotatable bonds is 1.